The van der Waals surface area contributed by atoms with Crippen molar-refractivity contribution in [3.05, 3.63) is 0 Å². The zero-order chi connectivity index (χ0) is 46.4. The van der Waals surface area contributed by atoms with Crippen LogP contribution in [0.1, 0.15) is 272 Å². The molecular formula is C57H114N4O3. The number of nitrogens with zero attached hydrogens (tertiary/aromatic N) is 4. The lowest BCUT2D eigenvalue weighted by Crippen LogP contribution is -2.47. The molecule has 0 aromatic heterocycles. The third-order valence-electron chi connectivity index (χ3n) is 14.2. The topological polar surface area (TPSA) is 56.3 Å². The molecule has 1 heterocycles. The third kappa shape index (κ3) is 37.9. The van der Waals surface area contributed by atoms with E-state index in [1.807, 2.05) is 0 Å². The lowest BCUT2D eigenvalue weighted by atomic mass is 9.94. The fourth-order valence-corrected chi connectivity index (χ4v) is 9.81. The summed E-state index contributed by atoms with van der Waals surface area (Å²) >= 11 is 0. The molecule has 64 heavy (non-hydrogen) atoms. The molecule has 0 bridgehead atoms. The largest absolute Gasteiger partial charge is 0.466 e. The quantitative estimate of drug-likeness (QED) is 0.0448. The van der Waals surface area contributed by atoms with E-state index in [0.717, 1.165) is 90.9 Å². The first-order valence-electron chi connectivity index (χ1n) is 29.1. The first-order chi connectivity index (χ1) is 31.5. The number of carbonyl (C=O) groups excluding carboxylic acids is 2. The van der Waals surface area contributed by atoms with E-state index in [4.69, 9.17) is 4.74 Å². The fourth-order valence-electron chi connectivity index (χ4n) is 9.81. The van der Waals surface area contributed by atoms with E-state index >= 15 is 0 Å². The van der Waals surface area contributed by atoms with Crippen molar-refractivity contribution >= 4 is 11.9 Å². The summed E-state index contributed by atoms with van der Waals surface area (Å²) < 4.78 is 5.53. The molecule has 0 aromatic carbocycles. The van der Waals surface area contributed by atoms with Crippen molar-refractivity contribution in [2.75, 3.05) is 78.6 Å². The Morgan fingerprint density at radius 3 is 1.28 bits per heavy atom. The minimum atomic E-state index is -0.0281. The van der Waals surface area contributed by atoms with Gasteiger partial charge >= 0.3 is 5.97 Å². The van der Waals surface area contributed by atoms with Crippen molar-refractivity contribution in [2.45, 2.75) is 272 Å². The molecule has 0 aliphatic carbocycles. The van der Waals surface area contributed by atoms with Crippen molar-refractivity contribution < 1.29 is 14.3 Å². The van der Waals surface area contributed by atoms with Crippen LogP contribution in [0.2, 0.25) is 0 Å². The predicted octanol–water partition coefficient (Wildman–Crippen LogP) is 15.4. The standard InChI is InChI=1S/C57H114N4O3/c1-6-11-16-20-24-28-31-33-43-58(47-39-41-57(63)64-52-37-15-10-5)49-42-55-40-38-48-61(53-55)56(62)54-60(46-36-32-27-23-19-14-9-4)51-50-59(44-34-29-25-21-17-12-7-2)45-35-30-26-22-18-13-8-3/h55H,6-54H2,1-5H3. The van der Waals surface area contributed by atoms with Crippen LogP contribution in [0.4, 0.5) is 0 Å². The van der Waals surface area contributed by atoms with Crippen LogP contribution in [-0.2, 0) is 14.3 Å². The van der Waals surface area contributed by atoms with E-state index in [0.29, 0.717) is 31.4 Å². The van der Waals surface area contributed by atoms with E-state index in [9.17, 15) is 9.59 Å². The van der Waals surface area contributed by atoms with Crippen molar-refractivity contribution in [2.24, 2.45) is 5.92 Å². The normalized spacial score (nSPS) is 14.4. The van der Waals surface area contributed by atoms with Crippen LogP contribution in [0.25, 0.3) is 0 Å². The Morgan fingerprint density at radius 1 is 0.438 bits per heavy atom. The number of carbonyl (C=O) groups is 2. The summed E-state index contributed by atoms with van der Waals surface area (Å²) in [6.45, 7) is 23.2. The maximum Gasteiger partial charge on any atom is 0.305 e. The predicted molar refractivity (Wildman–Crippen MR) is 280 cm³/mol. The van der Waals surface area contributed by atoms with Gasteiger partial charge in [0.25, 0.3) is 0 Å². The van der Waals surface area contributed by atoms with Crippen LogP contribution >= 0.6 is 0 Å². The van der Waals surface area contributed by atoms with E-state index < -0.39 is 0 Å². The molecule has 1 saturated heterocycles. The Labute approximate surface area is 401 Å². The Bertz CT molecular complexity index is 978. The highest BCUT2D eigenvalue weighted by molar-refractivity contribution is 5.78. The lowest BCUT2D eigenvalue weighted by Gasteiger charge is -2.36. The molecule has 1 atom stereocenters. The Kier molecular flexibility index (Phi) is 44.6. The van der Waals surface area contributed by atoms with E-state index in [1.165, 1.54) is 206 Å². The highest BCUT2D eigenvalue weighted by atomic mass is 16.5. The lowest BCUT2D eigenvalue weighted by molar-refractivity contribution is -0.144. The zero-order valence-corrected chi connectivity index (χ0v) is 44.2. The number of esters is 1. The van der Waals surface area contributed by atoms with Gasteiger partial charge in [0.05, 0.1) is 13.2 Å². The Hall–Kier alpha value is -1.18. The number of rotatable bonds is 49. The minimum absolute atomic E-state index is 0.0281. The molecule has 1 unspecified atom stereocenters. The molecule has 1 amide bonds. The summed E-state index contributed by atoms with van der Waals surface area (Å²) in [5, 5.41) is 0. The average Bonchev–Trinajstić information content (AvgIpc) is 3.30. The Balaban J connectivity index is 2.83. The van der Waals surface area contributed by atoms with Gasteiger partial charge in [-0.15, -0.1) is 0 Å². The summed E-state index contributed by atoms with van der Waals surface area (Å²) in [7, 11) is 0. The van der Waals surface area contributed by atoms with E-state index in [1.54, 1.807) is 0 Å². The molecule has 0 spiro atoms. The van der Waals surface area contributed by atoms with Crippen LogP contribution in [0.15, 0.2) is 0 Å². The van der Waals surface area contributed by atoms with E-state index in [2.05, 4.69) is 54.2 Å². The maximum atomic E-state index is 14.2. The average molecular weight is 904 g/mol. The zero-order valence-electron chi connectivity index (χ0n) is 44.2. The fraction of sp³-hybridized carbons (Fsp3) is 0.965. The number of amides is 1. The number of ether oxygens (including phenoxy) is 1. The van der Waals surface area contributed by atoms with Crippen molar-refractivity contribution in [3.63, 3.8) is 0 Å². The van der Waals surface area contributed by atoms with Crippen LogP contribution in [0, 0.1) is 5.92 Å². The summed E-state index contributed by atoms with van der Waals surface area (Å²) in [4.78, 5) is 36.9. The summed E-state index contributed by atoms with van der Waals surface area (Å²) in [6, 6.07) is 0. The van der Waals surface area contributed by atoms with Crippen LogP contribution in [-0.4, -0.2) is 110 Å². The van der Waals surface area contributed by atoms with Crippen molar-refractivity contribution in [1.29, 1.82) is 0 Å². The highest BCUT2D eigenvalue weighted by Gasteiger charge is 2.26. The molecule has 7 nitrogen and oxygen atoms in total. The Morgan fingerprint density at radius 2 is 0.812 bits per heavy atom. The third-order valence-corrected chi connectivity index (χ3v) is 14.2. The van der Waals surface area contributed by atoms with Gasteiger partial charge in [0.1, 0.15) is 0 Å². The van der Waals surface area contributed by atoms with Crippen LogP contribution in [0.5, 0.6) is 0 Å². The molecule has 1 aliphatic heterocycles. The van der Waals surface area contributed by atoms with Gasteiger partial charge in [-0.2, -0.15) is 0 Å². The molecular weight excluding hydrogens is 789 g/mol. The molecule has 1 aliphatic rings. The van der Waals surface area contributed by atoms with Gasteiger partial charge < -0.3 is 19.4 Å². The second-order valence-electron chi connectivity index (χ2n) is 20.5. The van der Waals surface area contributed by atoms with Gasteiger partial charge in [-0.25, -0.2) is 0 Å². The van der Waals surface area contributed by atoms with Gasteiger partial charge in [-0.3, -0.25) is 14.5 Å². The van der Waals surface area contributed by atoms with Gasteiger partial charge in [0.2, 0.25) is 5.91 Å². The molecule has 0 radical (unpaired) electrons. The molecule has 1 rings (SSSR count). The van der Waals surface area contributed by atoms with Crippen molar-refractivity contribution in [3.8, 4) is 0 Å². The molecule has 380 valence electrons. The first kappa shape index (κ1) is 60.8. The van der Waals surface area contributed by atoms with Gasteiger partial charge in [0.15, 0.2) is 0 Å². The number of unbranched alkanes of at least 4 members (excludes halogenated alkanes) is 27. The van der Waals surface area contributed by atoms with Gasteiger partial charge in [0, 0.05) is 32.6 Å². The minimum Gasteiger partial charge on any atom is -0.466 e. The molecule has 0 N–H and O–H groups in total. The van der Waals surface area contributed by atoms with Gasteiger partial charge in [-0.05, 0) is 103 Å². The van der Waals surface area contributed by atoms with E-state index in [-0.39, 0.29) is 5.97 Å². The van der Waals surface area contributed by atoms with Gasteiger partial charge in [-0.1, -0.05) is 208 Å². The number of hydrogen-bond donors (Lipinski definition) is 0. The number of likely N-dealkylation sites (tertiary alicyclic amines) is 1. The summed E-state index contributed by atoms with van der Waals surface area (Å²) in [5.41, 5.74) is 0. The number of piperidine rings is 1. The SMILES string of the molecule is CCCCCCCCCCN(CCCC(=O)OCCCCC)CCC1CCCN(C(=O)CN(CCCCCCCCC)CCN(CCCCCCCCC)CCCCCCCCC)C1. The maximum absolute atomic E-state index is 14.2. The number of hydrogen-bond acceptors (Lipinski definition) is 6. The highest BCUT2D eigenvalue weighted by Crippen LogP contribution is 2.22. The van der Waals surface area contributed by atoms with Crippen LogP contribution in [0.3, 0.4) is 0 Å². The first-order valence-corrected chi connectivity index (χ1v) is 29.1. The second kappa shape index (κ2) is 46.9. The molecule has 1 fully saturated rings. The summed E-state index contributed by atoms with van der Waals surface area (Å²) in [5.74, 6) is 0.907. The van der Waals surface area contributed by atoms with Crippen LogP contribution < -0.4 is 0 Å². The molecule has 0 aromatic rings. The smallest absolute Gasteiger partial charge is 0.305 e. The molecule has 0 saturated carbocycles. The second-order valence-corrected chi connectivity index (χ2v) is 20.5. The monoisotopic (exact) mass is 903 g/mol. The summed E-state index contributed by atoms with van der Waals surface area (Å²) in [6.07, 6.45) is 47.2. The van der Waals surface area contributed by atoms with Crippen molar-refractivity contribution in [1.82, 2.24) is 19.6 Å². The molecule has 7 heteroatoms.